The Morgan fingerprint density at radius 2 is 2.17 bits per heavy atom. The molecule has 6 heteroatoms. The number of nitrogens with zero attached hydrogens (tertiary/aromatic N) is 2. The summed E-state index contributed by atoms with van der Waals surface area (Å²) in [7, 11) is 1.88. The number of aryl methyl sites for hydroxylation is 1. The normalized spacial score (nSPS) is 10.8. The molecule has 0 amide bonds. The average Bonchev–Trinajstić information content (AvgIpc) is 2.31. The van der Waals surface area contributed by atoms with E-state index in [1.807, 2.05) is 11.6 Å². The summed E-state index contributed by atoms with van der Waals surface area (Å²) in [6, 6.07) is 0. The highest BCUT2D eigenvalue weighted by atomic mass is 32.1. The predicted molar refractivity (Wildman–Crippen MR) is 51.1 cm³/mol. The van der Waals surface area contributed by atoms with Crippen molar-refractivity contribution < 1.29 is 0 Å². The second-order valence-electron chi connectivity index (χ2n) is 2.46. The Bertz CT molecular complexity index is 532. The van der Waals surface area contributed by atoms with Crippen LogP contribution >= 0.6 is 24.4 Å². The number of imidazole rings is 1. The van der Waals surface area contributed by atoms with Crippen LogP contribution in [0.3, 0.4) is 0 Å². The molecule has 2 aromatic rings. The fourth-order valence-electron chi connectivity index (χ4n) is 1.09. The van der Waals surface area contributed by atoms with Gasteiger partial charge in [0.25, 0.3) is 0 Å². The molecule has 62 valence electrons. The zero-order chi connectivity index (χ0) is 8.72. The van der Waals surface area contributed by atoms with Crippen LogP contribution in [0.4, 0.5) is 0 Å². The van der Waals surface area contributed by atoms with Crippen LogP contribution in [0.5, 0.6) is 0 Å². The standard InChI is InChI=1S/C6H6N4S2/c1-10-2-7-4-3(10)5(11)9-6(12)8-4/h2H,1H3,(H2,8,9,11,12). The van der Waals surface area contributed by atoms with Crippen molar-refractivity contribution in [1.29, 1.82) is 0 Å². The van der Waals surface area contributed by atoms with E-state index in [0.29, 0.717) is 9.41 Å². The molecular weight excluding hydrogens is 192 g/mol. The second-order valence-corrected chi connectivity index (χ2v) is 3.28. The highest BCUT2D eigenvalue weighted by Crippen LogP contribution is 2.07. The first kappa shape index (κ1) is 7.63. The van der Waals surface area contributed by atoms with Crippen LogP contribution in [-0.2, 0) is 7.05 Å². The molecule has 0 radical (unpaired) electrons. The van der Waals surface area contributed by atoms with E-state index >= 15 is 0 Å². The summed E-state index contributed by atoms with van der Waals surface area (Å²) in [6.45, 7) is 0. The SMILES string of the molecule is Cn1cnc2[nH]c(=S)[nH]c(=S)c21. The molecule has 2 N–H and O–H groups in total. The number of hydrogen-bond donors (Lipinski definition) is 2. The minimum absolute atomic E-state index is 0.506. The maximum atomic E-state index is 5.08. The van der Waals surface area contributed by atoms with Crippen LogP contribution in [0.25, 0.3) is 11.2 Å². The van der Waals surface area contributed by atoms with Crippen LogP contribution in [0.15, 0.2) is 6.33 Å². The molecule has 2 rings (SSSR count). The van der Waals surface area contributed by atoms with E-state index in [1.54, 1.807) is 6.33 Å². The number of fused-ring (bicyclic) bond motifs is 1. The van der Waals surface area contributed by atoms with Gasteiger partial charge in [-0.3, -0.25) is 0 Å². The largest absolute Gasteiger partial charge is 0.330 e. The summed E-state index contributed by atoms with van der Waals surface area (Å²) < 4.78 is 2.97. The van der Waals surface area contributed by atoms with Crippen molar-refractivity contribution in [2.45, 2.75) is 0 Å². The van der Waals surface area contributed by atoms with Crippen molar-refractivity contribution in [1.82, 2.24) is 19.5 Å². The van der Waals surface area contributed by atoms with Gasteiger partial charge in [0, 0.05) is 7.05 Å². The van der Waals surface area contributed by atoms with Crippen molar-refractivity contribution in [3.8, 4) is 0 Å². The maximum absolute atomic E-state index is 5.08. The van der Waals surface area contributed by atoms with E-state index < -0.39 is 0 Å². The van der Waals surface area contributed by atoms with Crippen molar-refractivity contribution in [2.24, 2.45) is 7.05 Å². The zero-order valence-corrected chi connectivity index (χ0v) is 7.92. The van der Waals surface area contributed by atoms with E-state index in [0.717, 1.165) is 11.2 Å². The van der Waals surface area contributed by atoms with Gasteiger partial charge in [0.2, 0.25) is 0 Å². The summed E-state index contributed by atoms with van der Waals surface area (Å²) in [4.78, 5) is 9.86. The molecule has 0 aliphatic carbocycles. The van der Waals surface area contributed by atoms with Crippen molar-refractivity contribution >= 4 is 35.6 Å². The van der Waals surface area contributed by atoms with Crippen molar-refractivity contribution in [2.75, 3.05) is 0 Å². The number of aromatic amines is 2. The molecule has 0 atom stereocenters. The molecule has 2 aromatic heterocycles. The van der Waals surface area contributed by atoms with Gasteiger partial charge in [-0.05, 0) is 12.2 Å². The maximum Gasteiger partial charge on any atom is 0.177 e. The lowest BCUT2D eigenvalue weighted by Crippen LogP contribution is -1.89. The summed E-state index contributed by atoms with van der Waals surface area (Å²) in [5.74, 6) is 0. The van der Waals surface area contributed by atoms with Crippen LogP contribution in [0.2, 0.25) is 0 Å². The first-order valence-corrected chi connectivity index (χ1v) is 4.14. The first-order chi connectivity index (χ1) is 5.68. The molecule has 0 aliphatic heterocycles. The number of nitrogens with one attached hydrogen (secondary N) is 2. The summed E-state index contributed by atoms with van der Waals surface area (Å²) in [5, 5.41) is 0. The van der Waals surface area contributed by atoms with Gasteiger partial charge in [-0.15, -0.1) is 0 Å². The summed E-state index contributed by atoms with van der Waals surface area (Å²) >= 11 is 9.99. The lowest BCUT2D eigenvalue weighted by molar-refractivity contribution is 0.942. The third-order valence-corrected chi connectivity index (χ3v) is 2.11. The first-order valence-electron chi connectivity index (χ1n) is 3.32. The number of hydrogen-bond acceptors (Lipinski definition) is 3. The molecule has 0 saturated carbocycles. The molecule has 0 saturated heterocycles. The Morgan fingerprint density at radius 3 is 2.92 bits per heavy atom. The lowest BCUT2D eigenvalue weighted by Gasteiger charge is -1.93. The second kappa shape index (κ2) is 2.49. The molecule has 4 nitrogen and oxygen atoms in total. The number of rotatable bonds is 0. The van der Waals surface area contributed by atoms with Gasteiger partial charge in [0.15, 0.2) is 10.4 Å². The highest BCUT2D eigenvalue weighted by Gasteiger charge is 2.00. The molecular formula is C6H6N4S2. The molecule has 0 aromatic carbocycles. The van der Waals surface area contributed by atoms with Crippen molar-refractivity contribution in [3.05, 3.63) is 15.7 Å². The number of H-pyrrole nitrogens is 2. The summed E-state index contributed by atoms with van der Waals surface area (Å²) in [6.07, 6.45) is 1.69. The van der Waals surface area contributed by atoms with E-state index in [1.165, 1.54) is 0 Å². The van der Waals surface area contributed by atoms with Gasteiger partial charge >= 0.3 is 0 Å². The Kier molecular flexibility index (Phi) is 1.59. The van der Waals surface area contributed by atoms with Gasteiger partial charge in [-0.1, -0.05) is 12.2 Å². The van der Waals surface area contributed by atoms with E-state index in [-0.39, 0.29) is 0 Å². The molecule has 12 heavy (non-hydrogen) atoms. The summed E-state index contributed by atoms with van der Waals surface area (Å²) in [5.41, 5.74) is 1.60. The predicted octanol–water partition coefficient (Wildman–Crippen LogP) is 1.69. The molecule has 0 fully saturated rings. The topological polar surface area (TPSA) is 49.4 Å². The van der Waals surface area contributed by atoms with E-state index in [4.69, 9.17) is 24.4 Å². The van der Waals surface area contributed by atoms with Gasteiger partial charge in [0.05, 0.1) is 6.33 Å². The fraction of sp³-hybridized carbons (Fsp3) is 0.167. The van der Waals surface area contributed by atoms with E-state index in [9.17, 15) is 0 Å². The molecule has 0 aliphatic rings. The Hall–Kier alpha value is -1.01. The Labute approximate surface area is 78.3 Å². The van der Waals surface area contributed by atoms with Gasteiger partial charge in [-0.25, -0.2) is 4.98 Å². The van der Waals surface area contributed by atoms with Crippen LogP contribution < -0.4 is 0 Å². The smallest absolute Gasteiger partial charge is 0.177 e. The third-order valence-electron chi connectivity index (χ3n) is 1.61. The minimum Gasteiger partial charge on any atom is -0.330 e. The molecule has 0 spiro atoms. The zero-order valence-electron chi connectivity index (χ0n) is 6.29. The third kappa shape index (κ3) is 0.997. The van der Waals surface area contributed by atoms with Gasteiger partial charge < -0.3 is 14.5 Å². The van der Waals surface area contributed by atoms with Gasteiger partial charge in [0.1, 0.15) is 10.2 Å². The van der Waals surface area contributed by atoms with Gasteiger partial charge in [-0.2, -0.15) is 0 Å². The highest BCUT2D eigenvalue weighted by molar-refractivity contribution is 7.72. The van der Waals surface area contributed by atoms with Crippen LogP contribution in [0, 0.1) is 9.41 Å². The molecule has 0 unspecified atom stereocenters. The number of aromatic nitrogens is 4. The van der Waals surface area contributed by atoms with E-state index in [2.05, 4.69) is 15.0 Å². The average molecular weight is 198 g/mol. The van der Waals surface area contributed by atoms with Crippen LogP contribution in [0.1, 0.15) is 0 Å². The molecule has 0 bridgehead atoms. The van der Waals surface area contributed by atoms with Crippen molar-refractivity contribution in [3.63, 3.8) is 0 Å². The van der Waals surface area contributed by atoms with Crippen LogP contribution in [-0.4, -0.2) is 19.5 Å². The Balaban J connectivity index is 3.13. The quantitative estimate of drug-likeness (QED) is 0.633. The lowest BCUT2D eigenvalue weighted by atomic mass is 10.5. The molecule has 2 heterocycles. The fourth-order valence-corrected chi connectivity index (χ4v) is 1.70. The monoisotopic (exact) mass is 198 g/mol. The Morgan fingerprint density at radius 1 is 1.42 bits per heavy atom. The minimum atomic E-state index is 0.506.